The Balaban J connectivity index is 1.57. The molecule has 2 amide bonds. The van der Waals surface area contributed by atoms with Crippen molar-refractivity contribution in [1.29, 1.82) is 0 Å². The van der Waals surface area contributed by atoms with E-state index in [1.807, 2.05) is 0 Å². The fraction of sp³-hybridized carbons (Fsp3) is 0.300. The minimum Gasteiger partial charge on any atom is -0.301 e. The maximum absolute atomic E-state index is 14.2. The number of thiazole rings is 1. The molecule has 10 heteroatoms. The maximum Gasteiger partial charge on any atom is 0.264 e. The SMILES string of the molecule is CC(=O)N(c1nc(/C=C2\SC(=NC3CCCC3)NC2=O)cs1)c1ccc(F)cc1F. The predicted molar refractivity (Wildman–Crippen MR) is 115 cm³/mol. The zero-order chi connectivity index (χ0) is 21.3. The lowest BCUT2D eigenvalue weighted by molar-refractivity contribution is -0.116. The van der Waals surface area contributed by atoms with Crippen LogP contribution in [0.4, 0.5) is 19.6 Å². The van der Waals surface area contributed by atoms with E-state index in [9.17, 15) is 18.4 Å². The van der Waals surface area contributed by atoms with Gasteiger partial charge in [0.25, 0.3) is 5.91 Å². The molecule has 1 aliphatic carbocycles. The quantitative estimate of drug-likeness (QED) is 0.694. The Morgan fingerprint density at radius 3 is 2.80 bits per heavy atom. The number of nitrogens with zero attached hydrogens (tertiary/aromatic N) is 3. The van der Waals surface area contributed by atoms with Crippen molar-refractivity contribution in [3.05, 3.63) is 45.8 Å². The third-order valence-corrected chi connectivity index (χ3v) is 6.49. The highest BCUT2D eigenvalue weighted by molar-refractivity contribution is 8.18. The van der Waals surface area contributed by atoms with E-state index in [-0.39, 0.29) is 22.8 Å². The van der Waals surface area contributed by atoms with E-state index in [1.165, 1.54) is 24.8 Å². The number of rotatable bonds is 4. The monoisotopic (exact) mass is 448 g/mol. The molecule has 2 aliphatic rings. The van der Waals surface area contributed by atoms with Crippen LogP contribution in [0.25, 0.3) is 6.08 Å². The van der Waals surface area contributed by atoms with Crippen LogP contribution in [0.2, 0.25) is 0 Å². The Bertz CT molecular complexity index is 1060. The number of benzene rings is 1. The van der Waals surface area contributed by atoms with Crippen molar-refractivity contribution in [2.45, 2.75) is 38.6 Å². The van der Waals surface area contributed by atoms with E-state index in [2.05, 4.69) is 15.3 Å². The molecule has 1 aliphatic heterocycles. The van der Waals surface area contributed by atoms with Crippen LogP contribution in [0.1, 0.15) is 38.3 Å². The van der Waals surface area contributed by atoms with Crippen LogP contribution >= 0.6 is 23.1 Å². The second kappa shape index (κ2) is 8.65. The van der Waals surface area contributed by atoms with Gasteiger partial charge < -0.3 is 5.32 Å². The first-order valence-corrected chi connectivity index (χ1v) is 11.1. The molecule has 1 N–H and O–H groups in total. The summed E-state index contributed by atoms with van der Waals surface area (Å²) >= 11 is 2.38. The van der Waals surface area contributed by atoms with Gasteiger partial charge in [0, 0.05) is 18.4 Å². The van der Waals surface area contributed by atoms with Crippen molar-refractivity contribution in [2.75, 3.05) is 4.90 Å². The lowest BCUT2D eigenvalue weighted by Gasteiger charge is -2.18. The number of anilines is 2. The molecule has 0 bridgehead atoms. The number of aliphatic imine (C=N–C) groups is 1. The van der Waals surface area contributed by atoms with Gasteiger partial charge in [0.1, 0.15) is 11.6 Å². The molecular weight excluding hydrogens is 430 g/mol. The molecule has 1 saturated carbocycles. The molecule has 1 aromatic heterocycles. The summed E-state index contributed by atoms with van der Waals surface area (Å²) in [6.07, 6.45) is 6.00. The van der Waals surface area contributed by atoms with Gasteiger partial charge in [-0.1, -0.05) is 12.8 Å². The number of amides is 2. The van der Waals surface area contributed by atoms with Gasteiger partial charge in [-0.15, -0.1) is 11.3 Å². The number of carbonyl (C=O) groups excluding carboxylic acids is 2. The number of aromatic nitrogens is 1. The van der Waals surface area contributed by atoms with Crippen LogP contribution in [-0.2, 0) is 9.59 Å². The molecule has 0 spiro atoms. The van der Waals surface area contributed by atoms with Crippen LogP contribution in [0.15, 0.2) is 33.5 Å². The van der Waals surface area contributed by atoms with E-state index < -0.39 is 17.5 Å². The van der Waals surface area contributed by atoms with E-state index in [4.69, 9.17) is 0 Å². The minimum atomic E-state index is -0.862. The smallest absolute Gasteiger partial charge is 0.264 e. The predicted octanol–water partition coefficient (Wildman–Crippen LogP) is 4.61. The average molecular weight is 449 g/mol. The molecule has 30 heavy (non-hydrogen) atoms. The molecule has 2 aromatic rings. The third kappa shape index (κ3) is 4.44. The summed E-state index contributed by atoms with van der Waals surface area (Å²) in [5.41, 5.74) is 0.375. The van der Waals surface area contributed by atoms with Crippen molar-refractivity contribution in [1.82, 2.24) is 10.3 Å². The summed E-state index contributed by atoms with van der Waals surface area (Å²) in [6, 6.07) is 3.24. The second-order valence-corrected chi connectivity index (χ2v) is 8.81. The summed E-state index contributed by atoms with van der Waals surface area (Å²) in [5, 5.41) is 5.25. The molecule has 4 rings (SSSR count). The average Bonchev–Trinajstić information content (AvgIpc) is 3.41. The standard InChI is InChI=1S/C20H18F2N4O2S2/c1-11(27)26(16-7-6-12(21)8-15(16)22)20-24-14(10-29-20)9-17-18(28)25-19(30-17)23-13-4-2-3-5-13/h6-10,13H,2-5H2,1H3,(H,23,25,28)/b17-9-. The number of nitrogens with one attached hydrogen (secondary N) is 1. The third-order valence-electron chi connectivity index (χ3n) is 4.72. The molecule has 2 heterocycles. The molecular formula is C20H18F2N4O2S2. The van der Waals surface area contributed by atoms with Gasteiger partial charge in [0.05, 0.1) is 22.3 Å². The van der Waals surface area contributed by atoms with Crippen LogP contribution < -0.4 is 10.2 Å². The summed E-state index contributed by atoms with van der Waals surface area (Å²) < 4.78 is 27.4. The second-order valence-electron chi connectivity index (χ2n) is 6.94. The zero-order valence-electron chi connectivity index (χ0n) is 16.0. The molecule has 2 fully saturated rings. The Morgan fingerprint density at radius 2 is 2.10 bits per heavy atom. The maximum atomic E-state index is 14.2. The van der Waals surface area contributed by atoms with Gasteiger partial charge in [0.15, 0.2) is 10.3 Å². The van der Waals surface area contributed by atoms with Crippen LogP contribution in [0.3, 0.4) is 0 Å². The normalized spacial score (nSPS) is 19.6. The first-order chi connectivity index (χ1) is 14.4. The van der Waals surface area contributed by atoms with Crippen molar-refractivity contribution in [3.63, 3.8) is 0 Å². The Morgan fingerprint density at radius 1 is 1.33 bits per heavy atom. The minimum absolute atomic E-state index is 0.0866. The molecule has 0 radical (unpaired) electrons. The van der Waals surface area contributed by atoms with Crippen molar-refractivity contribution in [2.24, 2.45) is 4.99 Å². The molecule has 1 aromatic carbocycles. The summed E-state index contributed by atoms with van der Waals surface area (Å²) in [6.45, 7) is 1.27. The first-order valence-electron chi connectivity index (χ1n) is 9.40. The Hall–Kier alpha value is -2.59. The number of thioether (sulfide) groups is 1. The Labute approximate surface area is 180 Å². The summed E-state index contributed by atoms with van der Waals surface area (Å²) in [7, 11) is 0. The van der Waals surface area contributed by atoms with E-state index >= 15 is 0 Å². The zero-order valence-corrected chi connectivity index (χ0v) is 17.7. The van der Waals surface area contributed by atoms with E-state index in [0.717, 1.165) is 48.0 Å². The summed E-state index contributed by atoms with van der Waals surface area (Å²) in [4.78, 5) is 34.9. The fourth-order valence-corrected chi connectivity index (χ4v) is 5.05. The van der Waals surface area contributed by atoms with Gasteiger partial charge in [-0.05, 0) is 42.8 Å². The van der Waals surface area contributed by atoms with Crippen molar-refractivity contribution in [3.8, 4) is 0 Å². The van der Waals surface area contributed by atoms with Crippen LogP contribution in [0.5, 0.6) is 0 Å². The van der Waals surface area contributed by atoms with E-state index in [0.29, 0.717) is 21.8 Å². The topological polar surface area (TPSA) is 74.7 Å². The number of hydrogen-bond acceptors (Lipinski definition) is 6. The van der Waals surface area contributed by atoms with Gasteiger partial charge >= 0.3 is 0 Å². The molecule has 0 unspecified atom stereocenters. The summed E-state index contributed by atoms with van der Waals surface area (Å²) in [5.74, 6) is -2.31. The van der Waals surface area contributed by atoms with Crippen LogP contribution in [-0.4, -0.2) is 28.0 Å². The largest absolute Gasteiger partial charge is 0.301 e. The van der Waals surface area contributed by atoms with Crippen molar-refractivity contribution >= 4 is 57.0 Å². The molecule has 0 atom stereocenters. The molecule has 6 nitrogen and oxygen atoms in total. The van der Waals surface area contributed by atoms with Gasteiger partial charge in [-0.25, -0.2) is 13.8 Å². The lowest BCUT2D eigenvalue weighted by Crippen LogP contribution is -2.23. The highest BCUT2D eigenvalue weighted by atomic mass is 32.2. The van der Waals surface area contributed by atoms with Gasteiger partial charge in [-0.3, -0.25) is 19.5 Å². The van der Waals surface area contributed by atoms with Gasteiger partial charge in [-0.2, -0.15) is 0 Å². The number of hydrogen-bond donors (Lipinski definition) is 1. The highest BCUT2D eigenvalue weighted by Gasteiger charge is 2.27. The molecule has 1 saturated heterocycles. The van der Waals surface area contributed by atoms with Crippen LogP contribution in [0, 0.1) is 11.6 Å². The van der Waals surface area contributed by atoms with Gasteiger partial charge in [0.2, 0.25) is 5.91 Å². The first kappa shape index (κ1) is 20.7. The number of amidine groups is 1. The van der Waals surface area contributed by atoms with E-state index in [1.54, 1.807) is 11.5 Å². The Kier molecular flexibility index (Phi) is 5.96. The molecule has 156 valence electrons. The number of carbonyl (C=O) groups is 2. The highest BCUT2D eigenvalue weighted by Crippen LogP contribution is 2.33. The fourth-order valence-electron chi connectivity index (χ4n) is 3.34. The number of halogens is 2. The van der Waals surface area contributed by atoms with Crippen molar-refractivity contribution < 1.29 is 18.4 Å². The lowest BCUT2D eigenvalue weighted by atomic mass is 10.2.